The number of nitrogens with two attached hydrogens (primary N) is 2. The van der Waals surface area contributed by atoms with E-state index in [0.717, 1.165) is 23.2 Å². The Morgan fingerprint density at radius 3 is 2.86 bits per heavy atom. The van der Waals surface area contributed by atoms with Crippen molar-refractivity contribution >= 4 is 11.8 Å². The summed E-state index contributed by atoms with van der Waals surface area (Å²) in [5.74, 6) is 8.30. The van der Waals surface area contributed by atoms with E-state index in [-0.39, 0.29) is 0 Å². The van der Waals surface area contributed by atoms with E-state index < -0.39 is 0 Å². The van der Waals surface area contributed by atoms with Gasteiger partial charge in [0, 0.05) is 11.7 Å². The second-order valence-electron chi connectivity index (χ2n) is 3.48. The number of thioether (sulfide) groups is 1. The standard InChI is InChI=1S/C8H15N5S/c9-4-1-5-14-8-12-11-7(13(8)10)6-2-3-6/h6H,1-5,9-10H2. The molecule has 1 fully saturated rings. The molecule has 4 N–H and O–H groups in total. The van der Waals surface area contributed by atoms with Crippen molar-refractivity contribution in [3.63, 3.8) is 0 Å². The van der Waals surface area contributed by atoms with Gasteiger partial charge in [-0.05, 0) is 25.8 Å². The fourth-order valence-corrected chi connectivity index (χ4v) is 2.08. The third kappa shape index (κ3) is 2.01. The molecule has 0 bridgehead atoms. The smallest absolute Gasteiger partial charge is 0.209 e. The van der Waals surface area contributed by atoms with Crippen LogP contribution in [0.5, 0.6) is 0 Å². The van der Waals surface area contributed by atoms with Crippen LogP contribution in [0.4, 0.5) is 0 Å². The number of rotatable bonds is 5. The minimum atomic E-state index is 0.552. The highest BCUT2D eigenvalue weighted by atomic mass is 32.2. The number of hydrogen-bond donors (Lipinski definition) is 2. The van der Waals surface area contributed by atoms with Gasteiger partial charge in [-0.25, -0.2) is 4.68 Å². The van der Waals surface area contributed by atoms with Crippen molar-refractivity contribution < 1.29 is 0 Å². The molecule has 6 heteroatoms. The van der Waals surface area contributed by atoms with Crippen molar-refractivity contribution in [3.05, 3.63) is 5.82 Å². The van der Waals surface area contributed by atoms with E-state index in [0.29, 0.717) is 12.5 Å². The van der Waals surface area contributed by atoms with Crippen molar-refractivity contribution in [2.24, 2.45) is 5.73 Å². The van der Waals surface area contributed by atoms with Crippen LogP contribution in [0.2, 0.25) is 0 Å². The Morgan fingerprint density at radius 2 is 2.21 bits per heavy atom. The topological polar surface area (TPSA) is 82.8 Å². The predicted octanol–water partition coefficient (Wildman–Crippen LogP) is 0.310. The van der Waals surface area contributed by atoms with Gasteiger partial charge in [0.05, 0.1) is 0 Å². The average molecular weight is 213 g/mol. The third-order valence-corrected chi connectivity index (χ3v) is 3.24. The summed E-state index contributed by atoms with van der Waals surface area (Å²) in [7, 11) is 0. The summed E-state index contributed by atoms with van der Waals surface area (Å²) >= 11 is 1.62. The molecular formula is C8H15N5S. The van der Waals surface area contributed by atoms with E-state index in [4.69, 9.17) is 11.6 Å². The molecule has 1 heterocycles. The minimum Gasteiger partial charge on any atom is -0.336 e. The summed E-state index contributed by atoms with van der Waals surface area (Å²) < 4.78 is 1.62. The molecule has 0 atom stereocenters. The zero-order chi connectivity index (χ0) is 9.97. The second kappa shape index (κ2) is 4.18. The Kier molecular flexibility index (Phi) is 2.93. The molecule has 0 saturated heterocycles. The highest BCUT2D eigenvalue weighted by Crippen LogP contribution is 2.39. The number of aromatic nitrogens is 3. The van der Waals surface area contributed by atoms with Gasteiger partial charge >= 0.3 is 0 Å². The number of nitrogens with zero attached hydrogens (tertiary/aromatic N) is 3. The normalized spacial score (nSPS) is 16.1. The number of nitrogen functional groups attached to an aromatic ring is 1. The van der Waals surface area contributed by atoms with Crippen molar-refractivity contribution in [2.75, 3.05) is 18.1 Å². The van der Waals surface area contributed by atoms with Gasteiger partial charge in [0.15, 0.2) is 5.82 Å². The number of hydrogen-bond acceptors (Lipinski definition) is 5. The molecule has 1 aromatic heterocycles. The molecule has 14 heavy (non-hydrogen) atoms. The zero-order valence-electron chi connectivity index (χ0n) is 8.02. The molecule has 1 saturated carbocycles. The molecule has 5 nitrogen and oxygen atoms in total. The second-order valence-corrected chi connectivity index (χ2v) is 4.54. The van der Waals surface area contributed by atoms with Crippen molar-refractivity contribution in [3.8, 4) is 0 Å². The molecule has 2 rings (SSSR count). The lowest BCUT2D eigenvalue weighted by molar-refractivity contribution is 0.788. The zero-order valence-corrected chi connectivity index (χ0v) is 8.83. The largest absolute Gasteiger partial charge is 0.336 e. The lowest BCUT2D eigenvalue weighted by Crippen LogP contribution is -2.13. The first-order chi connectivity index (χ1) is 6.83. The van der Waals surface area contributed by atoms with Crippen LogP contribution >= 0.6 is 11.8 Å². The van der Waals surface area contributed by atoms with E-state index in [1.54, 1.807) is 16.4 Å². The summed E-state index contributed by atoms with van der Waals surface area (Å²) in [6.07, 6.45) is 3.38. The molecule has 0 amide bonds. The molecule has 1 aliphatic carbocycles. The Morgan fingerprint density at radius 1 is 1.43 bits per heavy atom. The van der Waals surface area contributed by atoms with Crippen LogP contribution in [-0.4, -0.2) is 27.2 Å². The molecular weight excluding hydrogens is 198 g/mol. The van der Waals surface area contributed by atoms with Gasteiger partial charge in [0.25, 0.3) is 0 Å². The highest BCUT2D eigenvalue weighted by Gasteiger charge is 2.29. The first-order valence-electron chi connectivity index (χ1n) is 4.86. The SMILES string of the molecule is NCCCSc1nnc(C2CC2)n1N. The summed E-state index contributed by atoms with van der Waals surface area (Å²) in [4.78, 5) is 0. The van der Waals surface area contributed by atoms with Crippen LogP contribution in [0.25, 0.3) is 0 Å². The van der Waals surface area contributed by atoms with E-state index in [9.17, 15) is 0 Å². The molecule has 0 unspecified atom stereocenters. The highest BCUT2D eigenvalue weighted by molar-refractivity contribution is 7.99. The van der Waals surface area contributed by atoms with Gasteiger partial charge in [-0.1, -0.05) is 11.8 Å². The summed E-state index contributed by atoms with van der Waals surface area (Å²) in [5.41, 5.74) is 5.41. The molecule has 0 aromatic carbocycles. The quantitative estimate of drug-likeness (QED) is 0.418. The van der Waals surface area contributed by atoms with E-state index in [1.165, 1.54) is 12.8 Å². The van der Waals surface area contributed by atoms with E-state index in [1.807, 2.05) is 0 Å². The first-order valence-corrected chi connectivity index (χ1v) is 5.84. The Hall–Kier alpha value is -0.750. The minimum absolute atomic E-state index is 0.552. The first kappa shape index (κ1) is 9.79. The van der Waals surface area contributed by atoms with Crippen LogP contribution in [-0.2, 0) is 0 Å². The van der Waals surface area contributed by atoms with Crippen LogP contribution in [0.1, 0.15) is 31.0 Å². The fraction of sp³-hybridized carbons (Fsp3) is 0.750. The maximum absolute atomic E-state index is 5.87. The lowest BCUT2D eigenvalue weighted by Gasteiger charge is -2.01. The molecule has 78 valence electrons. The Labute approximate surface area is 87.2 Å². The van der Waals surface area contributed by atoms with Gasteiger partial charge in [-0.3, -0.25) is 0 Å². The maximum Gasteiger partial charge on any atom is 0.209 e. The van der Waals surface area contributed by atoms with Crippen LogP contribution in [0.15, 0.2) is 5.16 Å². The summed E-state index contributed by atoms with van der Waals surface area (Å²) in [5, 5.41) is 8.96. The van der Waals surface area contributed by atoms with Crippen LogP contribution < -0.4 is 11.6 Å². The Bertz CT molecular complexity index is 307. The van der Waals surface area contributed by atoms with Crippen LogP contribution in [0, 0.1) is 0 Å². The lowest BCUT2D eigenvalue weighted by atomic mass is 10.4. The van der Waals surface area contributed by atoms with Gasteiger partial charge in [0.2, 0.25) is 5.16 Å². The summed E-state index contributed by atoms with van der Waals surface area (Å²) in [6, 6.07) is 0. The Balaban J connectivity index is 1.96. The van der Waals surface area contributed by atoms with Gasteiger partial charge in [0.1, 0.15) is 0 Å². The fourth-order valence-electron chi connectivity index (χ4n) is 1.25. The molecule has 1 aliphatic rings. The van der Waals surface area contributed by atoms with E-state index >= 15 is 0 Å². The average Bonchev–Trinajstić information content (AvgIpc) is 2.95. The van der Waals surface area contributed by atoms with Crippen molar-refractivity contribution in [2.45, 2.75) is 30.3 Å². The van der Waals surface area contributed by atoms with E-state index in [2.05, 4.69) is 10.2 Å². The molecule has 0 aliphatic heterocycles. The predicted molar refractivity (Wildman–Crippen MR) is 56.5 cm³/mol. The van der Waals surface area contributed by atoms with Crippen molar-refractivity contribution in [1.82, 2.24) is 14.9 Å². The molecule has 0 spiro atoms. The maximum atomic E-state index is 5.87. The van der Waals surface area contributed by atoms with Crippen LogP contribution in [0.3, 0.4) is 0 Å². The monoisotopic (exact) mass is 213 g/mol. The molecule has 1 aromatic rings. The molecule has 0 radical (unpaired) electrons. The summed E-state index contributed by atoms with van der Waals surface area (Å²) in [6.45, 7) is 0.710. The third-order valence-electron chi connectivity index (χ3n) is 2.21. The van der Waals surface area contributed by atoms with Gasteiger partial charge < -0.3 is 11.6 Å². The van der Waals surface area contributed by atoms with Gasteiger partial charge in [-0.15, -0.1) is 10.2 Å². The van der Waals surface area contributed by atoms with Crippen molar-refractivity contribution in [1.29, 1.82) is 0 Å². The van der Waals surface area contributed by atoms with Gasteiger partial charge in [-0.2, -0.15) is 0 Å².